The number of hydrogen-bond acceptors (Lipinski definition) is 4. The number of nitrogens with two attached hydrogens (primary N) is 1. The number of aliphatic hydroxyl groups excluding tert-OH is 1. The molecule has 4 heteroatoms. The highest BCUT2D eigenvalue weighted by Gasteiger charge is 2.13. The molecule has 2 aromatic carbocycles. The maximum atomic E-state index is 10.4. The van der Waals surface area contributed by atoms with E-state index in [4.69, 9.17) is 5.73 Å². The predicted octanol–water partition coefficient (Wildman–Crippen LogP) is 2.38. The van der Waals surface area contributed by atoms with Crippen molar-refractivity contribution in [1.29, 1.82) is 0 Å². The van der Waals surface area contributed by atoms with Crippen molar-refractivity contribution >= 4 is 0 Å². The van der Waals surface area contributed by atoms with E-state index in [2.05, 4.69) is 58.7 Å². The molecule has 0 spiro atoms. The first kappa shape index (κ1) is 19.6. The van der Waals surface area contributed by atoms with Gasteiger partial charge in [0, 0.05) is 19.6 Å². The highest BCUT2D eigenvalue weighted by atomic mass is 16.3. The van der Waals surface area contributed by atoms with E-state index in [9.17, 15) is 5.11 Å². The minimum atomic E-state index is -0.335. The Kier molecular flexibility index (Phi) is 9.23. The SMILES string of the molecule is NCCCNCC[C@H](O)CN(Cc1ccccc1)Cc1ccccc1. The van der Waals surface area contributed by atoms with Crippen LogP contribution in [0, 0.1) is 0 Å². The Morgan fingerprint density at radius 3 is 1.96 bits per heavy atom. The number of nitrogens with one attached hydrogen (secondary N) is 1. The summed E-state index contributed by atoms with van der Waals surface area (Å²) in [4.78, 5) is 2.31. The maximum Gasteiger partial charge on any atom is 0.0679 e. The van der Waals surface area contributed by atoms with E-state index in [1.54, 1.807) is 0 Å². The van der Waals surface area contributed by atoms with Crippen LogP contribution in [0.5, 0.6) is 0 Å². The van der Waals surface area contributed by atoms with Gasteiger partial charge >= 0.3 is 0 Å². The lowest BCUT2D eigenvalue weighted by Crippen LogP contribution is -2.34. The Balaban J connectivity index is 1.87. The van der Waals surface area contributed by atoms with Gasteiger partial charge in [-0.2, -0.15) is 0 Å². The van der Waals surface area contributed by atoms with Gasteiger partial charge in [0.15, 0.2) is 0 Å². The predicted molar refractivity (Wildman–Crippen MR) is 104 cm³/mol. The van der Waals surface area contributed by atoms with Crippen molar-refractivity contribution in [3.63, 3.8) is 0 Å². The van der Waals surface area contributed by atoms with Gasteiger partial charge in [0.2, 0.25) is 0 Å². The van der Waals surface area contributed by atoms with Gasteiger partial charge in [0.25, 0.3) is 0 Å². The molecule has 0 aliphatic rings. The van der Waals surface area contributed by atoms with Gasteiger partial charge < -0.3 is 16.2 Å². The molecule has 25 heavy (non-hydrogen) atoms. The number of aliphatic hydroxyl groups is 1. The fraction of sp³-hybridized carbons (Fsp3) is 0.429. The molecule has 0 saturated carbocycles. The molecule has 0 amide bonds. The lowest BCUT2D eigenvalue weighted by atomic mass is 10.1. The Labute approximate surface area is 151 Å². The van der Waals surface area contributed by atoms with Crippen molar-refractivity contribution in [1.82, 2.24) is 10.2 Å². The van der Waals surface area contributed by atoms with Crippen molar-refractivity contribution in [2.75, 3.05) is 26.2 Å². The van der Waals surface area contributed by atoms with Crippen LogP contribution in [0.3, 0.4) is 0 Å². The largest absolute Gasteiger partial charge is 0.392 e. The van der Waals surface area contributed by atoms with E-state index < -0.39 is 0 Å². The molecule has 2 aromatic rings. The first-order chi connectivity index (χ1) is 12.3. The maximum absolute atomic E-state index is 10.4. The van der Waals surface area contributed by atoms with Crippen LogP contribution in [-0.4, -0.2) is 42.3 Å². The van der Waals surface area contributed by atoms with Crippen LogP contribution in [0.1, 0.15) is 24.0 Å². The smallest absolute Gasteiger partial charge is 0.0679 e. The average molecular weight is 341 g/mol. The van der Waals surface area contributed by atoms with E-state index in [0.717, 1.165) is 39.0 Å². The molecule has 136 valence electrons. The first-order valence-corrected chi connectivity index (χ1v) is 9.17. The Hall–Kier alpha value is -1.72. The van der Waals surface area contributed by atoms with Crippen LogP contribution in [0.2, 0.25) is 0 Å². The minimum absolute atomic E-state index is 0.335. The second kappa shape index (κ2) is 11.8. The lowest BCUT2D eigenvalue weighted by Gasteiger charge is -2.25. The summed E-state index contributed by atoms with van der Waals surface area (Å²) >= 11 is 0. The number of hydrogen-bond donors (Lipinski definition) is 3. The molecule has 2 rings (SSSR count). The standard InChI is InChI=1S/C21H31N3O/c22-13-7-14-23-15-12-21(25)18-24(16-19-8-3-1-4-9-19)17-20-10-5-2-6-11-20/h1-6,8-11,21,23,25H,7,12-18,22H2/t21-/m0/s1. The Morgan fingerprint density at radius 2 is 1.44 bits per heavy atom. The third kappa shape index (κ3) is 8.27. The molecule has 0 aromatic heterocycles. The summed E-state index contributed by atoms with van der Waals surface area (Å²) < 4.78 is 0. The fourth-order valence-electron chi connectivity index (χ4n) is 2.88. The monoisotopic (exact) mass is 341 g/mol. The fourth-order valence-corrected chi connectivity index (χ4v) is 2.88. The molecule has 4 N–H and O–H groups in total. The van der Waals surface area contributed by atoms with Crippen LogP contribution in [0.25, 0.3) is 0 Å². The summed E-state index contributed by atoms with van der Waals surface area (Å²) in [7, 11) is 0. The highest BCUT2D eigenvalue weighted by molar-refractivity contribution is 5.17. The molecular weight excluding hydrogens is 310 g/mol. The molecule has 0 aliphatic heterocycles. The van der Waals surface area contributed by atoms with E-state index in [0.29, 0.717) is 13.1 Å². The Morgan fingerprint density at radius 1 is 0.880 bits per heavy atom. The van der Waals surface area contributed by atoms with E-state index in [1.807, 2.05) is 12.1 Å². The molecular formula is C21H31N3O. The summed E-state index contributed by atoms with van der Waals surface area (Å²) in [6.07, 6.45) is 1.40. The van der Waals surface area contributed by atoms with E-state index >= 15 is 0 Å². The zero-order chi connectivity index (χ0) is 17.7. The molecule has 0 bridgehead atoms. The normalized spacial score (nSPS) is 12.4. The molecule has 0 unspecified atom stereocenters. The van der Waals surface area contributed by atoms with Gasteiger partial charge in [0.05, 0.1) is 6.10 Å². The topological polar surface area (TPSA) is 61.5 Å². The van der Waals surface area contributed by atoms with Crippen molar-refractivity contribution < 1.29 is 5.11 Å². The van der Waals surface area contributed by atoms with Gasteiger partial charge in [-0.1, -0.05) is 60.7 Å². The van der Waals surface area contributed by atoms with Crippen LogP contribution < -0.4 is 11.1 Å². The summed E-state index contributed by atoms with van der Waals surface area (Å²) in [5, 5.41) is 13.8. The van der Waals surface area contributed by atoms with Crippen molar-refractivity contribution in [3.05, 3.63) is 71.8 Å². The zero-order valence-electron chi connectivity index (χ0n) is 15.0. The van der Waals surface area contributed by atoms with Crippen LogP contribution >= 0.6 is 0 Å². The van der Waals surface area contributed by atoms with Crippen LogP contribution in [-0.2, 0) is 13.1 Å². The third-order valence-electron chi connectivity index (χ3n) is 4.18. The summed E-state index contributed by atoms with van der Waals surface area (Å²) in [5.41, 5.74) is 8.03. The summed E-state index contributed by atoms with van der Waals surface area (Å²) in [5.74, 6) is 0. The molecule has 4 nitrogen and oxygen atoms in total. The number of nitrogens with zero attached hydrogens (tertiary/aromatic N) is 1. The summed E-state index contributed by atoms with van der Waals surface area (Å²) in [6.45, 7) is 4.80. The highest BCUT2D eigenvalue weighted by Crippen LogP contribution is 2.11. The van der Waals surface area contributed by atoms with E-state index in [1.165, 1.54) is 11.1 Å². The third-order valence-corrected chi connectivity index (χ3v) is 4.18. The molecule has 0 saturated heterocycles. The average Bonchev–Trinajstić information content (AvgIpc) is 2.63. The van der Waals surface area contributed by atoms with Gasteiger partial charge in [-0.05, 0) is 43.6 Å². The molecule has 0 fully saturated rings. The van der Waals surface area contributed by atoms with Gasteiger partial charge in [0.1, 0.15) is 0 Å². The molecule has 0 heterocycles. The van der Waals surface area contributed by atoms with Gasteiger partial charge in [-0.15, -0.1) is 0 Å². The first-order valence-electron chi connectivity index (χ1n) is 9.17. The van der Waals surface area contributed by atoms with Crippen LogP contribution in [0.4, 0.5) is 0 Å². The van der Waals surface area contributed by atoms with Gasteiger partial charge in [-0.3, -0.25) is 4.90 Å². The van der Waals surface area contributed by atoms with E-state index in [-0.39, 0.29) is 6.10 Å². The van der Waals surface area contributed by atoms with Gasteiger partial charge in [-0.25, -0.2) is 0 Å². The lowest BCUT2D eigenvalue weighted by molar-refractivity contribution is 0.0976. The van der Waals surface area contributed by atoms with Crippen molar-refractivity contribution in [2.24, 2.45) is 5.73 Å². The van der Waals surface area contributed by atoms with Crippen molar-refractivity contribution in [3.8, 4) is 0 Å². The van der Waals surface area contributed by atoms with Crippen LogP contribution in [0.15, 0.2) is 60.7 Å². The quantitative estimate of drug-likeness (QED) is 0.519. The molecule has 0 aliphatic carbocycles. The minimum Gasteiger partial charge on any atom is -0.392 e. The molecule has 1 atom stereocenters. The second-order valence-electron chi connectivity index (χ2n) is 6.48. The Bertz CT molecular complexity index is 520. The summed E-state index contributed by atoms with van der Waals surface area (Å²) in [6, 6.07) is 20.9. The zero-order valence-corrected chi connectivity index (χ0v) is 15.0. The van der Waals surface area contributed by atoms with Crippen molar-refractivity contribution in [2.45, 2.75) is 32.0 Å². The molecule has 0 radical (unpaired) electrons. The number of rotatable bonds is 12. The number of benzene rings is 2. The second-order valence-corrected chi connectivity index (χ2v) is 6.48.